The van der Waals surface area contributed by atoms with Crippen molar-refractivity contribution < 1.29 is 14.7 Å². The van der Waals surface area contributed by atoms with Gasteiger partial charge in [-0.25, -0.2) is 0 Å². The molecule has 1 N–H and O–H groups in total. The molecule has 0 aliphatic rings. The van der Waals surface area contributed by atoms with Crippen molar-refractivity contribution in [3.05, 3.63) is 70.5 Å². The Morgan fingerprint density at radius 2 is 1.73 bits per heavy atom. The molecule has 26 heavy (non-hydrogen) atoms. The topological polar surface area (TPSA) is 117 Å². The smallest absolute Gasteiger partial charge is 0.278 e. The van der Waals surface area contributed by atoms with Crippen molar-refractivity contribution in [3.8, 4) is 0 Å². The molecule has 0 saturated heterocycles. The SMILES string of the molecule is C[C@H](NC(=O)[C@H](c1ccccc1)n1nnc2ccccc2c1=O)C(=O)[O-]. The minimum absolute atomic E-state index is 0.309. The number of hydrogen-bond acceptors (Lipinski definition) is 6. The highest BCUT2D eigenvalue weighted by Crippen LogP contribution is 2.17. The van der Waals surface area contributed by atoms with Gasteiger partial charge in [0, 0.05) is 0 Å². The summed E-state index contributed by atoms with van der Waals surface area (Å²) in [5.41, 5.74) is 0.381. The highest BCUT2D eigenvalue weighted by atomic mass is 16.4. The van der Waals surface area contributed by atoms with Gasteiger partial charge in [0.15, 0.2) is 6.04 Å². The lowest BCUT2D eigenvalue weighted by atomic mass is 10.1. The van der Waals surface area contributed by atoms with E-state index in [1.807, 2.05) is 0 Å². The van der Waals surface area contributed by atoms with Crippen LogP contribution < -0.4 is 16.0 Å². The van der Waals surface area contributed by atoms with E-state index in [1.165, 1.54) is 6.92 Å². The maximum atomic E-state index is 12.8. The molecule has 0 spiro atoms. The summed E-state index contributed by atoms with van der Waals surface area (Å²) in [5.74, 6) is -2.12. The summed E-state index contributed by atoms with van der Waals surface area (Å²) < 4.78 is 0.953. The second-order valence-electron chi connectivity index (χ2n) is 5.72. The third-order valence-electron chi connectivity index (χ3n) is 3.91. The van der Waals surface area contributed by atoms with Crippen LogP contribution in [0.5, 0.6) is 0 Å². The zero-order chi connectivity index (χ0) is 18.7. The van der Waals surface area contributed by atoms with Crippen molar-refractivity contribution >= 4 is 22.8 Å². The van der Waals surface area contributed by atoms with Gasteiger partial charge in [-0.15, -0.1) is 5.10 Å². The van der Waals surface area contributed by atoms with E-state index < -0.39 is 29.5 Å². The molecule has 0 radical (unpaired) electrons. The first-order chi connectivity index (χ1) is 12.5. The monoisotopic (exact) mass is 351 g/mol. The number of aliphatic carboxylic acids is 1. The summed E-state index contributed by atoms with van der Waals surface area (Å²) in [6.07, 6.45) is 0. The van der Waals surface area contributed by atoms with E-state index in [4.69, 9.17) is 0 Å². The van der Waals surface area contributed by atoms with Crippen molar-refractivity contribution in [1.82, 2.24) is 20.3 Å². The molecule has 0 unspecified atom stereocenters. The van der Waals surface area contributed by atoms with Crippen LogP contribution >= 0.6 is 0 Å². The lowest BCUT2D eigenvalue weighted by molar-refractivity contribution is -0.307. The van der Waals surface area contributed by atoms with E-state index in [1.54, 1.807) is 54.6 Å². The molecule has 2 atom stereocenters. The van der Waals surface area contributed by atoms with Crippen LogP contribution in [0, 0.1) is 0 Å². The van der Waals surface area contributed by atoms with E-state index in [0.717, 1.165) is 4.68 Å². The van der Waals surface area contributed by atoms with Crippen LogP contribution in [0.25, 0.3) is 10.9 Å². The fourth-order valence-corrected chi connectivity index (χ4v) is 2.56. The number of aromatic nitrogens is 3. The number of hydrogen-bond donors (Lipinski definition) is 1. The number of carboxylic acids is 1. The van der Waals surface area contributed by atoms with E-state index >= 15 is 0 Å². The van der Waals surface area contributed by atoms with Crippen LogP contribution in [0.4, 0.5) is 0 Å². The molecule has 0 bridgehead atoms. The first-order valence-electron chi connectivity index (χ1n) is 7.89. The molecule has 2 aromatic carbocycles. The van der Waals surface area contributed by atoms with Gasteiger partial charge in [-0.2, -0.15) is 4.68 Å². The number of carbonyl (C=O) groups excluding carboxylic acids is 2. The number of nitrogens with one attached hydrogen (secondary N) is 1. The molecule has 132 valence electrons. The molecule has 0 saturated carbocycles. The van der Waals surface area contributed by atoms with Gasteiger partial charge in [0.25, 0.3) is 5.56 Å². The highest BCUT2D eigenvalue weighted by molar-refractivity contribution is 5.87. The molecule has 8 heteroatoms. The Hall–Kier alpha value is -3.55. The van der Waals surface area contributed by atoms with Crippen LogP contribution in [0.3, 0.4) is 0 Å². The minimum atomic E-state index is -1.43. The Labute approximate surface area is 148 Å². The standard InChI is InChI=1S/C18H16N4O4/c1-11(18(25)26)19-16(23)15(12-7-3-2-4-8-12)22-17(24)13-9-5-6-10-14(13)20-21-22/h2-11,15H,1H3,(H,19,23)(H,25,26)/p-1/t11-,15-/m0/s1. The van der Waals surface area contributed by atoms with Crippen LogP contribution in [-0.4, -0.2) is 32.9 Å². The van der Waals surface area contributed by atoms with Crippen LogP contribution in [0.15, 0.2) is 59.4 Å². The number of nitrogens with zero attached hydrogens (tertiary/aromatic N) is 3. The second kappa shape index (κ2) is 7.14. The Balaban J connectivity index is 2.13. The summed E-state index contributed by atoms with van der Waals surface area (Å²) in [5, 5.41) is 21.5. The van der Waals surface area contributed by atoms with Crippen molar-refractivity contribution in [2.45, 2.75) is 19.0 Å². The van der Waals surface area contributed by atoms with Gasteiger partial charge in [0.1, 0.15) is 5.52 Å². The Morgan fingerprint density at radius 3 is 2.42 bits per heavy atom. The van der Waals surface area contributed by atoms with Crippen LogP contribution in [-0.2, 0) is 9.59 Å². The zero-order valence-corrected chi connectivity index (χ0v) is 13.8. The molecule has 8 nitrogen and oxygen atoms in total. The van der Waals surface area contributed by atoms with E-state index in [0.29, 0.717) is 16.5 Å². The second-order valence-corrected chi connectivity index (χ2v) is 5.72. The summed E-state index contributed by atoms with van der Waals surface area (Å²) in [4.78, 5) is 36.5. The van der Waals surface area contributed by atoms with E-state index in [9.17, 15) is 19.5 Å². The molecule has 1 aromatic heterocycles. The van der Waals surface area contributed by atoms with Gasteiger partial charge < -0.3 is 15.2 Å². The summed E-state index contributed by atoms with van der Waals surface area (Å²) in [6, 6.07) is 12.7. The van der Waals surface area contributed by atoms with Gasteiger partial charge in [-0.05, 0) is 24.6 Å². The fraction of sp³-hybridized carbons (Fsp3) is 0.167. The summed E-state index contributed by atoms with van der Waals surface area (Å²) >= 11 is 0. The van der Waals surface area contributed by atoms with Crippen LogP contribution in [0.2, 0.25) is 0 Å². The maximum absolute atomic E-state index is 12.8. The lowest BCUT2D eigenvalue weighted by Gasteiger charge is -2.21. The van der Waals surface area contributed by atoms with Gasteiger partial charge in [-0.1, -0.05) is 47.7 Å². The fourth-order valence-electron chi connectivity index (χ4n) is 2.56. The largest absolute Gasteiger partial charge is 0.548 e. The molecular formula is C18H15N4O4-. The third-order valence-corrected chi connectivity index (χ3v) is 3.91. The number of fused-ring (bicyclic) bond motifs is 1. The average molecular weight is 351 g/mol. The first-order valence-corrected chi connectivity index (χ1v) is 7.89. The van der Waals surface area contributed by atoms with Crippen molar-refractivity contribution in [2.24, 2.45) is 0 Å². The van der Waals surface area contributed by atoms with Gasteiger partial charge >= 0.3 is 0 Å². The Bertz CT molecular complexity index is 1020. The Kier molecular flexibility index (Phi) is 4.74. The van der Waals surface area contributed by atoms with E-state index in [-0.39, 0.29) is 0 Å². The predicted octanol–water partition coefficient (Wildman–Crippen LogP) is -0.364. The molecule has 0 fully saturated rings. The molecule has 1 heterocycles. The number of carboxylic acid groups (broad SMARTS) is 1. The Morgan fingerprint density at radius 1 is 1.08 bits per heavy atom. The molecule has 3 aromatic rings. The summed E-state index contributed by atoms with van der Waals surface area (Å²) in [6.45, 7) is 1.28. The lowest BCUT2D eigenvalue weighted by Crippen LogP contribution is -2.49. The van der Waals surface area contributed by atoms with Gasteiger partial charge in [-0.3, -0.25) is 9.59 Å². The molecule has 0 aliphatic heterocycles. The number of amides is 1. The zero-order valence-electron chi connectivity index (χ0n) is 13.8. The van der Waals surface area contributed by atoms with E-state index in [2.05, 4.69) is 15.6 Å². The van der Waals surface area contributed by atoms with Crippen molar-refractivity contribution in [1.29, 1.82) is 0 Å². The van der Waals surface area contributed by atoms with Crippen molar-refractivity contribution in [2.75, 3.05) is 0 Å². The minimum Gasteiger partial charge on any atom is -0.548 e. The number of carbonyl (C=O) groups is 2. The normalized spacial score (nSPS) is 13.1. The molecule has 1 amide bonds. The van der Waals surface area contributed by atoms with Crippen molar-refractivity contribution in [3.63, 3.8) is 0 Å². The number of rotatable bonds is 5. The maximum Gasteiger partial charge on any atom is 0.278 e. The first kappa shape index (κ1) is 17.3. The average Bonchev–Trinajstić information content (AvgIpc) is 2.65. The predicted molar refractivity (Wildman–Crippen MR) is 91.0 cm³/mol. The third kappa shape index (κ3) is 3.30. The molecule has 0 aliphatic carbocycles. The quantitative estimate of drug-likeness (QED) is 0.671. The summed E-state index contributed by atoms with van der Waals surface area (Å²) in [7, 11) is 0. The van der Waals surface area contributed by atoms with Crippen LogP contribution in [0.1, 0.15) is 18.5 Å². The highest BCUT2D eigenvalue weighted by Gasteiger charge is 2.27. The number of benzene rings is 2. The van der Waals surface area contributed by atoms with Gasteiger partial charge in [0.2, 0.25) is 5.91 Å². The molecule has 3 rings (SSSR count). The van der Waals surface area contributed by atoms with Gasteiger partial charge in [0.05, 0.1) is 17.4 Å². The molecular weight excluding hydrogens is 336 g/mol.